The lowest BCUT2D eigenvalue weighted by molar-refractivity contribution is 0.0959. The van der Waals surface area contributed by atoms with Crippen molar-refractivity contribution in [1.82, 2.24) is 5.32 Å². The van der Waals surface area contributed by atoms with Gasteiger partial charge in [0, 0.05) is 12.1 Å². The number of carbonyl (C=O) groups is 2. The Morgan fingerprint density at radius 3 is 2.65 bits per heavy atom. The third kappa shape index (κ3) is 5.21. The number of benzene rings is 2. The number of rotatable bonds is 8. The average molecular weight is 352 g/mol. The van der Waals surface area contributed by atoms with Gasteiger partial charge in [-0.1, -0.05) is 31.2 Å². The maximum Gasteiger partial charge on any atom is 0.255 e. The Morgan fingerprint density at radius 2 is 1.92 bits per heavy atom. The molecule has 0 radical (unpaired) electrons. The molecule has 5 heteroatoms. The fourth-order valence-corrected chi connectivity index (χ4v) is 2.27. The minimum absolute atomic E-state index is 0.0718. The number of hydrogen-bond acceptors (Lipinski definition) is 3. The minimum atomic E-state index is -0.302. The van der Waals surface area contributed by atoms with Crippen LogP contribution in [0.2, 0.25) is 0 Å². The Bertz CT molecular complexity index is 786. The quantitative estimate of drug-likeness (QED) is 0.705. The van der Waals surface area contributed by atoms with Gasteiger partial charge in [0.25, 0.3) is 11.8 Å². The molecule has 0 heterocycles. The number of nitrogens with one attached hydrogen (secondary N) is 2. The maximum absolute atomic E-state index is 12.6. The fraction of sp³-hybridized carbons (Fsp3) is 0.238. The molecule has 0 aromatic heterocycles. The van der Waals surface area contributed by atoms with Gasteiger partial charge in [0.1, 0.15) is 5.75 Å². The third-order valence-electron chi connectivity index (χ3n) is 3.84. The average Bonchev–Trinajstić information content (AvgIpc) is 2.66. The summed E-state index contributed by atoms with van der Waals surface area (Å²) in [5, 5.41) is 5.51. The van der Waals surface area contributed by atoms with Crippen LogP contribution in [0.5, 0.6) is 5.75 Å². The molecule has 2 rings (SSSR count). The van der Waals surface area contributed by atoms with Crippen LogP contribution in [-0.2, 0) is 0 Å². The first-order valence-corrected chi connectivity index (χ1v) is 8.61. The van der Waals surface area contributed by atoms with Crippen LogP contribution in [-0.4, -0.2) is 24.5 Å². The van der Waals surface area contributed by atoms with Crippen LogP contribution in [0.1, 0.15) is 41.0 Å². The van der Waals surface area contributed by atoms with Gasteiger partial charge in [-0.05, 0) is 43.7 Å². The first-order chi connectivity index (χ1) is 12.5. The van der Waals surface area contributed by atoms with Gasteiger partial charge < -0.3 is 15.4 Å². The second kappa shape index (κ2) is 9.42. The van der Waals surface area contributed by atoms with Gasteiger partial charge in [-0.3, -0.25) is 9.59 Å². The highest BCUT2D eigenvalue weighted by Crippen LogP contribution is 2.19. The van der Waals surface area contributed by atoms with Gasteiger partial charge in [-0.15, -0.1) is 6.58 Å². The lowest BCUT2D eigenvalue weighted by Gasteiger charge is -2.14. The van der Waals surface area contributed by atoms with Crippen molar-refractivity contribution >= 4 is 17.5 Å². The molecule has 0 aliphatic rings. The second-order valence-electron chi connectivity index (χ2n) is 5.86. The first-order valence-electron chi connectivity index (χ1n) is 8.61. The monoisotopic (exact) mass is 352 g/mol. The molecule has 5 nitrogen and oxygen atoms in total. The summed E-state index contributed by atoms with van der Waals surface area (Å²) in [5.41, 5.74) is 1.31. The number of para-hydroxylation sites is 1. The molecule has 2 aromatic carbocycles. The number of hydrogen-bond donors (Lipinski definition) is 2. The van der Waals surface area contributed by atoms with Crippen molar-refractivity contribution in [2.24, 2.45) is 0 Å². The van der Waals surface area contributed by atoms with Crippen molar-refractivity contribution in [3.63, 3.8) is 0 Å². The lowest BCUT2D eigenvalue weighted by Crippen LogP contribution is -2.25. The molecule has 2 N–H and O–H groups in total. The molecule has 0 saturated heterocycles. The van der Waals surface area contributed by atoms with E-state index in [1.54, 1.807) is 48.5 Å². The summed E-state index contributed by atoms with van der Waals surface area (Å²) < 4.78 is 5.76. The van der Waals surface area contributed by atoms with Gasteiger partial charge in [0.2, 0.25) is 0 Å². The van der Waals surface area contributed by atoms with Crippen LogP contribution in [0.25, 0.3) is 0 Å². The van der Waals surface area contributed by atoms with E-state index in [-0.39, 0.29) is 17.9 Å². The van der Waals surface area contributed by atoms with Gasteiger partial charge in [-0.25, -0.2) is 0 Å². The molecule has 0 aliphatic carbocycles. The zero-order valence-electron chi connectivity index (χ0n) is 15.1. The zero-order valence-corrected chi connectivity index (χ0v) is 15.1. The van der Waals surface area contributed by atoms with E-state index in [0.717, 1.165) is 6.42 Å². The van der Waals surface area contributed by atoms with Crippen LogP contribution in [0.15, 0.2) is 61.2 Å². The summed E-state index contributed by atoms with van der Waals surface area (Å²) in [5.74, 6) is 0.0715. The molecule has 1 unspecified atom stereocenters. The van der Waals surface area contributed by atoms with Crippen LogP contribution in [0.4, 0.5) is 5.69 Å². The molecule has 0 bridgehead atoms. The Morgan fingerprint density at radius 1 is 1.15 bits per heavy atom. The van der Waals surface area contributed by atoms with Crippen LogP contribution < -0.4 is 15.4 Å². The van der Waals surface area contributed by atoms with E-state index in [2.05, 4.69) is 17.2 Å². The van der Waals surface area contributed by atoms with E-state index in [1.807, 2.05) is 19.9 Å². The van der Waals surface area contributed by atoms with E-state index < -0.39 is 0 Å². The van der Waals surface area contributed by atoms with Crippen molar-refractivity contribution in [3.8, 4) is 5.75 Å². The van der Waals surface area contributed by atoms with E-state index in [0.29, 0.717) is 29.1 Å². The number of carbonyl (C=O) groups excluding carboxylic acids is 2. The topological polar surface area (TPSA) is 67.4 Å². The molecule has 2 aromatic rings. The number of anilines is 1. The van der Waals surface area contributed by atoms with Crippen LogP contribution >= 0.6 is 0 Å². The van der Waals surface area contributed by atoms with Crippen LogP contribution in [0.3, 0.4) is 0 Å². The van der Waals surface area contributed by atoms with Crippen LogP contribution in [0, 0.1) is 0 Å². The fourth-order valence-electron chi connectivity index (χ4n) is 2.27. The summed E-state index contributed by atoms with van der Waals surface area (Å²) in [6, 6.07) is 13.9. The Kier molecular flexibility index (Phi) is 6.97. The Balaban J connectivity index is 2.16. The summed E-state index contributed by atoms with van der Waals surface area (Å²) in [6.45, 7) is 7.95. The summed E-state index contributed by atoms with van der Waals surface area (Å²) in [4.78, 5) is 24.8. The normalized spacial score (nSPS) is 11.3. The van der Waals surface area contributed by atoms with Crippen molar-refractivity contribution in [1.29, 1.82) is 0 Å². The van der Waals surface area contributed by atoms with E-state index >= 15 is 0 Å². The molecule has 136 valence electrons. The van der Waals surface area contributed by atoms with E-state index in [1.165, 1.54) is 0 Å². The van der Waals surface area contributed by atoms with Crippen molar-refractivity contribution in [2.45, 2.75) is 26.4 Å². The molecule has 1 atom stereocenters. The lowest BCUT2D eigenvalue weighted by atomic mass is 10.1. The third-order valence-corrected chi connectivity index (χ3v) is 3.84. The highest BCUT2D eigenvalue weighted by Gasteiger charge is 2.14. The zero-order chi connectivity index (χ0) is 18.9. The maximum atomic E-state index is 12.6. The predicted octanol–water partition coefficient (Wildman–Crippen LogP) is 4.03. The summed E-state index contributed by atoms with van der Waals surface area (Å²) in [7, 11) is 0. The van der Waals surface area contributed by atoms with Gasteiger partial charge in [-0.2, -0.15) is 0 Å². The molecular weight excluding hydrogens is 328 g/mol. The highest BCUT2D eigenvalue weighted by molar-refractivity contribution is 6.09. The molecule has 0 spiro atoms. The molecule has 0 aliphatic heterocycles. The highest BCUT2D eigenvalue weighted by atomic mass is 16.5. The Labute approximate surface area is 154 Å². The first kappa shape index (κ1) is 19.2. The van der Waals surface area contributed by atoms with Gasteiger partial charge in [0.05, 0.1) is 17.4 Å². The van der Waals surface area contributed by atoms with E-state index in [4.69, 9.17) is 4.74 Å². The molecule has 0 fully saturated rings. The SMILES string of the molecule is C=CCNC(=O)c1ccccc1NC(=O)c1cccc(OC(C)CC)c1. The number of amides is 2. The van der Waals surface area contributed by atoms with Crippen molar-refractivity contribution in [3.05, 3.63) is 72.3 Å². The predicted molar refractivity (Wildman–Crippen MR) is 104 cm³/mol. The smallest absolute Gasteiger partial charge is 0.255 e. The number of ether oxygens (including phenoxy) is 1. The standard InChI is InChI=1S/C21H24N2O3/c1-4-13-22-21(25)18-11-6-7-12-19(18)23-20(24)16-9-8-10-17(14-16)26-15(3)5-2/h4,6-12,14-15H,1,5,13H2,2-3H3,(H,22,25)(H,23,24). The molecular formula is C21H24N2O3. The summed E-state index contributed by atoms with van der Waals surface area (Å²) in [6.07, 6.45) is 2.55. The molecule has 2 amide bonds. The van der Waals surface area contributed by atoms with Crippen molar-refractivity contribution < 1.29 is 14.3 Å². The second-order valence-corrected chi connectivity index (χ2v) is 5.86. The molecule has 0 saturated carbocycles. The minimum Gasteiger partial charge on any atom is -0.491 e. The van der Waals surface area contributed by atoms with Crippen molar-refractivity contribution in [2.75, 3.05) is 11.9 Å². The largest absolute Gasteiger partial charge is 0.491 e. The van der Waals surface area contributed by atoms with Gasteiger partial charge >= 0.3 is 0 Å². The van der Waals surface area contributed by atoms with E-state index in [9.17, 15) is 9.59 Å². The Hall–Kier alpha value is -3.08. The summed E-state index contributed by atoms with van der Waals surface area (Å²) >= 11 is 0. The van der Waals surface area contributed by atoms with Gasteiger partial charge in [0.15, 0.2) is 0 Å². The molecule has 26 heavy (non-hydrogen) atoms.